The first-order chi connectivity index (χ1) is 12.7. The standard InChI is InChI=1S/C19H27N7.HI/c1-20-18(23-15-16-6-4-7-17(14-16)24(2)3)25-10-12-26(13-11-25)19-21-8-5-9-22-19;/h4-9,14H,10-13,15H2,1-3H3,(H,20,23);1H. The van der Waals surface area contributed by atoms with Gasteiger partial charge in [-0.2, -0.15) is 0 Å². The molecule has 27 heavy (non-hydrogen) atoms. The third-order valence-corrected chi connectivity index (χ3v) is 4.50. The zero-order chi connectivity index (χ0) is 18.4. The van der Waals surface area contributed by atoms with Gasteiger partial charge in [-0.15, -0.1) is 24.0 Å². The molecule has 0 unspecified atom stereocenters. The van der Waals surface area contributed by atoms with Gasteiger partial charge in [-0.3, -0.25) is 4.99 Å². The highest BCUT2D eigenvalue weighted by Crippen LogP contribution is 2.14. The maximum atomic E-state index is 4.45. The molecule has 3 rings (SSSR count). The molecular weight excluding hydrogens is 453 g/mol. The summed E-state index contributed by atoms with van der Waals surface area (Å²) in [6.07, 6.45) is 3.58. The molecule has 0 radical (unpaired) electrons. The van der Waals surface area contributed by atoms with E-state index in [2.05, 4.69) is 73.3 Å². The topological polar surface area (TPSA) is 59.9 Å². The van der Waals surface area contributed by atoms with E-state index in [-0.39, 0.29) is 24.0 Å². The van der Waals surface area contributed by atoms with Crippen molar-refractivity contribution < 1.29 is 0 Å². The Kier molecular flexibility index (Phi) is 8.08. The van der Waals surface area contributed by atoms with Crippen molar-refractivity contribution in [1.82, 2.24) is 20.2 Å². The maximum absolute atomic E-state index is 4.45. The Bertz CT molecular complexity index is 728. The molecule has 2 heterocycles. The van der Waals surface area contributed by atoms with Crippen molar-refractivity contribution in [1.29, 1.82) is 0 Å². The van der Waals surface area contributed by atoms with Gasteiger partial charge in [0.2, 0.25) is 5.95 Å². The molecule has 1 aromatic heterocycles. The Morgan fingerprint density at radius 3 is 2.44 bits per heavy atom. The lowest BCUT2D eigenvalue weighted by molar-refractivity contribution is 0.370. The number of benzene rings is 1. The monoisotopic (exact) mass is 481 g/mol. The van der Waals surface area contributed by atoms with Gasteiger partial charge in [0.1, 0.15) is 0 Å². The summed E-state index contributed by atoms with van der Waals surface area (Å²) in [5, 5.41) is 3.48. The maximum Gasteiger partial charge on any atom is 0.225 e. The highest BCUT2D eigenvalue weighted by molar-refractivity contribution is 14.0. The smallest absolute Gasteiger partial charge is 0.225 e. The van der Waals surface area contributed by atoms with Gasteiger partial charge >= 0.3 is 0 Å². The van der Waals surface area contributed by atoms with Gasteiger partial charge in [0.25, 0.3) is 0 Å². The number of nitrogens with one attached hydrogen (secondary N) is 1. The zero-order valence-electron chi connectivity index (χ0n) is 16.2. The van der Waals surface area contributed by atoms with E-state index >= 15 is 0 Å². The number of hydrogen-bond donors (Lipinski definition) is 1. The van der Waals surface area contributed by atoms with Crippen LogP contribution in [0.2, 0.25) is 0 Å². The summed E-state index contributed by atoms with van der Waals surface area (Å²) in [5.74, 6) is 1.74. The van der Waals surface area contributed by atoms with Crippen LogP contribution < -0.4 is 15.1 Å². The Morgan fingerprint density at radius 1 is 1.11 bits per heavy atom. The lowest BCUT2D eigenvalue weighted by Crippen LogP contribution is -2.52. The van der Waals surface area contributed by atoms with Gasteiger partial charge in [0, 0.05) is 71.9 Å². The van der Waals surface area contributed by atoms with Crippen molar-refractivity contribution in [3.8, 4) is 0 Å². The number of anilines is 2. The molecule has 1 fully saturated rings. The fraction of sp³-hybridized carbons (Fsp3) is 0.421. The van der Waals surface area contributed by atoms with Crippen molar-refractivity contribution >= 4 is 41.6 Å². The number of aliphatic imine (C=N–C) groups is 1. The van der Waals surface area contributed by atoms with Crippen LogP contribution in [-0.2, 0) is 6.54 Å². The second-order valence-corrected chi connectivity index (χ2v) is 6.49. The highest BCUT2D eigenvalue weighted by Gasteiger charge is 2.20. The van der Waals surface area contributed by atoms with Crippen molar-refractivity contribution in [2.45, 2.75) is 6.54 Å². The van der Waals surface area contributed by atoms with E-state index in [0.29, 0.717) is 0 Å². The fourth-order valence-electron chi connectivity index (χ4n) is 3.03. The van der Waals surface area contributed by atoms with Gasteiger partial charge < -0.3 is 20.0 Å². The van der Waals surface area contributed by atoms with Gasteiger partial charge in [-0.1, -0.05) is 12.1 Å². The summed E-state index contributed by atoms with van der Waals surface area (Å²) in [7, 11) is 5.95. The summed E-state index contributed by atoms with van der Waals surface area (Å²) in [4.78, 5) is 19.7. The van der Waals surface area contributed by atoms with Gasteiger partial charge in [-0.25, -0.2) is 9.97 Å². The third-order valence-electron chi connectivity index (χ3n) is 4.50. The minimum Gasteiger partial charge on any atom is -0.378 e. The van der Waals surface area contributed by atoms with Crippen LogP contribution >= 0.6 is 24.0 Å². The van der Waals surface area contributed by atoms with Crippen molar-refractivity contribution in [3.63, 3.8) is 0 Å². The van der Waals surface area contributed by atoms with Crippen molar-refractivity contribution in [2.24, 2.45) is 4.99 Å². The number of guanidine groups is 1. The van der Waals surface area contributed by atoms with Crippen LogP contribution in [0.5, 0.6) is 0 Å². The first-order valence-corrected chi connectivity index (χ1v) is 8.91. The summed E-state index contributed by atoms with van der Waals surface area (Å²) in [6.45, 7) is 4.34. The fourth-order valence-corrected chi connectivity index (χ4v) is 3.03. The second-order valence-electron chi connectivity index (χ2n) is 6.49. The molecular formula is C19H28IN7. The molecule has 0 amide bonds. The molecule has 0 saturated carbocycles. The van der Waals surface area contributed by atoms with E-state index in [1.807, 2.05) is 13.1 Å². The Hall–Kier alpha value is -2.10. The molecule has 0 aliphatic carbocycles. The minimum absolute atomic E-state index is 0. The van der Waals surface area contributed by atoms with E-state index in [9.17, 15) is 0 Å². The van der Waals surface area contributed by atoms with Crippen LogP contribution in [0.1, 0.15) is 5.56 Å². The predicted octanol–water partition coefficient (Wildman–Crippen LogP) is 2.06. The van der Waals surface area contributed by atoms with Crippen LogP contribution in [0.4, 0.5) is 11.6 Å². The lowest BCUT2D eigenvalue weighted by atomic mass is 10.2. The lowest BCUT2D eigenvalue weighted by Gasteiger charge is -2.36. The Labute approximate surface area is 178 Å². The molecule has 1 aromatic carbocycles. The van der Waals surface area contributed by atoms with Gasteiger partial charge in [0.05, 0.1) is 0 Å². The molecule has 7 nitrogen and oxygen atoms in total. The van der Waals surface area contributed by atoms with E-state index in [4.69, 9.17) is 0 Å². The molecule has 146 valence electrons. The van der Waals surface area contributed by atoms with Crippen molar-refractivity contribution in [3.05, 3.63) is 48.3 Å². The highest BCUT2D eigenvalue weighted by atomic mass is 127. The SMILES string of the molecule is CN=C(NCc1cccc(N(C)C)c1)N1CCN(c2ncccn2)CC1.I. The predicted molar refractivity (Wildman–Crippen MR) is 122 cm³/mol. The average Bonchev–Trinajstić information content (AvgIpc) is 2.70. The van der Waals surface area contributed by atoms with Crippen LogP contribution in [-0.4, -0.2) is 68.1 Å². The molecule has 0 atom stereocenters. The molecule has 1 saturated heterocycles. The molecule has 1 aliphatic rings. The Balaban J connectivity index is 0.00000261. The van der Waals surface area contributed by atoms with Crippen LogP contribution in [0.15, 0.2) is 47.7 Å². The molecule has 0 bridgehead atoms. The molecule has 1 aliphatic heterocycles. The molecule has 8 heteroatoms. The number of halogens is 1. The largest absolute Gasteiger partial charge is 0.378 e. The number of piperazine rings is 1. The summed E-state index contributed by atoms with van der Waals surface area (Å²) in [6, 6.07) is 10.4. The second kappa shape index (κ2) is 10.3. The molecule has 2 aromatic rings. The summed E-state index contributed by atoms with van der Waals surface area (Å²) < 4.78 is 0. The number of rotatable bonds is 4. The minimum atomic E-state index is 0. The zero-order valence-corrected chi connectivity index (χ0v) is 18.5. The number of hydrogen-bond acceptors (Lipinski definition) is 5. The van der Waals surface area contributed by atoms with Crippen LogP contribution in [0, 0.1) is 0 Å². The summed E-state index contributed by atoms with van der Waals surface area (Å²) >= 11 is 0. The van der Waals surface area contributed by atoms with Gasteiger partial charge in [0.15, 0.2) is 5.96 Å². The van der Waals surface area contributed by atoms with E-state index < -0.39 is 0 Å². The quantitative estimate of drug-likeness (QED) is 0.410. The Morgan fingerprint density at radius 2 is 1.81 bits per heavy atom. The van der Waals surface area contributed by atoms with Crippen LogP contribution in [0.25, 0.3) is 0 Å². The molecule has 1 N–H and O–H groups in total. The van der Waals surface area contributed by atoms with Gasteiger partial charge in [-0.05, 0) is 23.8 Å². The van der Waals surface area contributed by atoms with Crippen molar-refractivity contribution in [2.75, 3.05) is 57.1 Å². The van der Waals surface area contributed by atoms with E-state index in [1.165, 1.54) is 11.3 Å². The first kappa shape index (κ1) is 21.2. The van der Waals surface area contributed by atoms with E-state index in [0.717, 1.165) is 44.6 Å². The third kappa shape index (κ3) is 5.69. The average molecular weight is 481 g/mol. The number of nitrogens with zero attached hydrogens (tertiary/aromatic N) is 6. The van der Waals surface area contributed by atoms with E-state index in [1.54, 1.807) is 12.4 Å². The molecule has 0 spiro atoms. The van der Waals surface area contributed by atoms with Crippen LogP contribution in [0.3, 0.4) is 0 Å². The summed E-state index contributed by atoms with van der Waals surface area (Å²) in [5.41, 5.74) is 2.45. The number of aromatic nitrogens is 2. The first-order valence-electron chi connectivity index (χ1n) is 8.91. The normalized spacial score (nSPS) is 14.6.